The summed E-state index contributed by atoms with van der Waals surface area (Å²) in [4.78, 5) is 2.35. The number of aliphatic hydroxyl groups is 1. The van der Waals surface area contributed by atoms with E-state index in [1.807, 2.05) is 11.8 Å². The van der Waals surface area contributed by atoms with E-state index in [-0.39, 0.29) is 6.10 Å². The van der Waals surface area contributed by atoms with Crippen molar-refractivity contribution in [2.24, 2.45) is 0 Å². The number of aliphatic hydroxyl groups excluding tert-OH is 1. The molecule has 2 aliphatic heterocycles. The molecule has 0 aromatic heterocycles. The number of nitrogens with one attached hydrogen (secondary N) is 1. The molecule has 0 amide bonds. The zero-order valence-electron chi connectivity index (χ0n) is 7.20. The third kappa shape index (κ3) is 2.36. The lowest BCUT2D eigenvalue weighted by atomic mass is 10.2. The fourth-order valence-corrected chi connectivity index (χ4v) is 2.20. The first-order valence-electron chi connectivity index (χ1n) is 4.59. The van der Waals surface area contributed by atoms with Crippen LogP contribution in [0, 0.1) is 0 Å². The summed E-state index contributed by atoms with van der Waals surface area (Å²) < 4.78 is 0. The van der Waals surface area contributed by atoms with E-state index >= 15 is 0 Å². The summed E-state index contributed by atoms with van der Waals surface area (Å²) in [6, 6.07) is 0. The minimum Gasteiger partial charge on any atom is -0.391 e. The highest BCUT2D eigenvalue weighted by molar-refractivity contribution is 8.06. The van der Waals surface area contributed by atoms with Crippen LogP contribution in [0.3, 0.4) is 0 Å². The lowest BCUT2D eigenvalue weighted by molar-refractivity contribution is 0.111. The Hall–Kier alpha value is 0.230. The molecular weight excluding hydrogens is 172 g/mol. The topological polar surface area (TPSA) is 35.5 Å². The summed E-state index contributed by atoms with van der Waals surface area (Å²) in [5, 5.41) is 13.5. The number of piperazine rings is 1. The van der Waals surface area contributed by atoms with Crippen LogP contribution in [0.15, 0.2) is 0 Å². The van der Waals surface area contributed by atoms with Crippen LogP contribution in [-0.4, -0.2) is 59.8 Å². The van der Waals surface area contributed by atoms with Gasteiger partial charge in [-0.2, -0.15) is 11.8 Å². The largest absolute Gasteiger partial charge is 0.391 e. The van der Waals surface area contributed by atoms with E-state index in [9.17, 15) is 5.11 Å². The lowest BCUT2D eigenvalue weighted by Gasteiger charge is -2.28. The van der Waals surface area contributed by atoms with Crippen molar-refractivity contribution in [3.8, 4) is 0 Å². The molecule has 0 saturated carbocycles. The van der Waals surface area contributed by atoms with Crippen molar-refractivity contribution in [1.82, 2.24) is 10.2 Å². The minimum atomic E-state index is -0.0897. The maximum atomic E-state index is 9.66. The van der Waals surface area contributed by atoms with Gasteiger partial charge < -0.3 is 10.4 Å². The molecule has 70 valence electrons. The van der Waals surface area contributed by atoms with Gasteiger partial charge in [0, 0.05) is 43.7 Å². The van der Waals surface area contributed by atoms with Crippen molar-refractivity contribution in [3.63, 3.8) is 0 Å². The van der Waals surface area contributed by atoms with E-state index in [1.54, 1.807) is 0 Å². The molecule has 2 atom stereocenters. The molecule has 4 heteroatoms. The summed E-state index contributed by atoms with van der Waals surface area (Å²) in [7, 11) is 0. The molecule has 0 spiro atoms. The second-order valence-electron chi connectivity index (χ2n) is 3.49. The van der Waals surface area contributed by atoms with E-state index in [4.69, 9.17) is 0 Å². The Bertz CT molecular complexity index is 146. The fourth-order valence-electron chi connectivity index (χ4n) is 1.55. The summed E-state index contributed by atoms with van der Waals surface area (Å²) in [5.41, 5.74) is 0. The standard InChI is InChI=1S/C8H16N2OS/c11-7(8-6-12-8)5-10-3-1-9-2-4-10/h7-9,11H,1-6H2. The van der Waals surface area contributed by atoms with Crippen LogP contribution >= 0.6 is 11.8 Å². The predicted molar refractivity (Wildman–Crippen MR) is 51.6 cm³/mol. The first-order chi connectivity index (χ1) is 5.86. The van der Waals surface area contributed by atoms with Gasteiger partial charge in [0.25, 0.3) is 0 Å². The summed E-state index contributed by atoms with van der Waals surface area (Å²) in [6.07, 6.45) is -0.0897. The third-order valence-electron chi connectivity index (χ3n) is 2.44. The van der Waals surface area contributed by atoms with Crippen LogP contribution in [-0.2, 0) is 0 Å². The van der Waals surface area contributed by atoms with Gasteiger partial charge in [-0.1, -0.05) is 0 Å². The number of hydrogen-bond acceptors (Lipinski definition) is 4. The van der Waals surface area contributed by atoms with E-state index in [0.717, 1.165) is 38.5 Å². The zero-order valence-corrected chi connectivity index (χ0v) is 8.02. The molecule has 0 aromatic rings. The Balaban J connectivity index is 1.69. The molecule has 2 aliphatic rings. The van der Waals surface area contributed by atoms with Gasteiger partial charge in [0.2, 0.25) is 0 Å². The minimum absolute atomic E-state index is 0.0897. The molecule has 0 aliphatic carbocycles. The van der Waals surface area contributed by atoms with Crippen molar-refractivity contribution in [2.45, 2.75) is 11.4 Å². The third-order valence-corrected chi connectivity index (χ3v) is 3.48. The molecule has 2 heterocycles. The van der Waals surface area contributed by atoms with E-state index in [2.05, 4.69) is 10.2 Å². The van der Waals surface area contributed by atoms with Gasteiger partial charge in [-0.05, 0) is 0 Å². The highest BCUT2D eigenvalue weighted by Gasteiger charge is 2.31. The van der Waals surface area contributed by atoms with Gasteiger partial charge in [0.05, 0.1) is 6.10 Å². The smallest absolute Gasteiger partial charge is 0.0793 e. The van der Waals surface area contributed by atoms with Crippen LogP contribution in [0.2, 0.25) is 0 Å². The maximum Gasteiger partial charge on any atom is 0.0793 e. The molecule has 2 unspecified atom stereocenters. The summed E-state index contributed by atoms with van der Waals surface area (Å²) in [6.45, 7) is 5.21. The summed E-state index contributed by atoms with van der Waals surface area (Å²) in [5.74, 6) is 1.16. The highest BCUT2D eigenvalue weighted by atomic mass is 32.2. The number of nitrogens with zero attached hydrogens (tertiary/aromatic N) is 1. The Morgan fingerprint density at radius 2 is 2.17 bits per heavy atom. The number of rotatable bonds is 3. The van der Waals surface area contributed by atoms with E-state index in [1.165, 1.54) is 0 Å². The molecule has 2 saturated heterocycles. The molecular formula is C8H16N2OS. The first-order valence-corrected chi connectivity index (χ1v) is 5.64. The van der Waals surface area contributed by atoms with Crippen LogP contribution in [0.4, 0.5) is 0 Å². The molecule has 2 rings (SSSR count). The molecule has 0 radical (unpaired) electrons. The monoisotopic (exact) mass is 188 g/mol. The predicted octanol–water partition coefficient (Wildman–Crippen LogP) is -0.632. The van der Waals surface area contributed by atoms with Gasteiger partial charge in [-0.15, -0.1) is 0 Å². The molecule has 12 heavy (non-hydrogen) atoms. The quantitative estimate of drug-likeness (QED) is 0.578. The van der Waals surface area contributed by atoms with Gasteiger partial charge in [-0.3, -0.25) is 4.90 Å². The lowest BCUT2D eigenvalue weighted by Crippen LogP contribution is -2.47. The van der Waals surface area contributed by atoms with Crippen molar-refractivity contribution >= 4 is 11.8 Å². The van der Waals surface area contributed by atoms with Gasteiger partial charge >= 0.3 is 0 Å². The van der Waals surface area contributed by atoms with Crippen molar-refractivity contribution < 1.29 is 5.11 Å². The Morgan fingerprint density at radius 3 is 2.75 bits per heavy atom. The van der Waals surface area contributed by atoms with Crippen LogP contribution in [0.25, 0.3) is 0 Å². The maximum absolute atomic E-state index is 9.66. The van der Waals surface area contributed by atoms with E-state index in [0.29, 0.717) is 5.25 Å². The SMILES string of the molecule is OC(CN1CCNCC1)C1CS1. The normalized spacial score (nSPS) is 33.2. The second-order valence-corrected chi connectivity index (χ2v) is 4.76. The number of thioether (sulfide) groups is 1. The molecule has 0 aromatic carbocycles. The molecule has 3 nitrogen and oxygen atoms in total. The van der Waals surface area contributed by atoms with Crippen molar-refractivity contribution in [2.75, 3.05) is 38.5 Å². The molecule has 2 N–H and O–H groups in total. The van der Waals surface area contributed by atoms with Crippen LogP contribution in [0.5, 0.6) is 0 Å². The van der Waals surface area contributed by atoms with Gasteiger partial charge in [0.15, 0.2) is 0 Å². The molecule has 0 bridgehead atoms. The Labute approximate surface area is 77.5 Å². The highest BCUT2D eigenvalue weighted by Crippen LogP contribution is 2.33. The van der Waals surface area contributed by atoms with Crippen LogP contribution in [0.1, 0.15) is 0 Å². The number of hydrogen-bond donors (Lipinski definition) is 2. The van der Waals surface area contributed by atoms with Crippen molar-refractivity contribution in [1.29, 1.82) is 0 Å². The van der Waals surface area contributed by atoms with Gasteiger partial charge in [0.1, 0.15) is 0 Å². The number of β-amino-alcohol motifs (C(OH)–C–C–N with tert-alkyl or cyclic N) is 1. The molecule has 2 fully saturated rings. The summed E-state index contributed by atoms with van der Waals surface area (Å²) >= 11 is 1.87. The zero-order chi connectivity index (χ0) is 8.39. The Kier molecular flexibility index (Phi) is 2.91. The fraction of sp³-hybridized carbons (Fsp3) is 1.00. The van der Waals surface area contributed by atoms with Gasteiger partial charge in [-0.25, -0.2) is 0 Å². The average molecular weight is 188 g/mol. The first kappa shape index (κ1) is 8.81. The van der Waals surface area contributed by atoms with Crippen LogP contribution < -0.4 is 5.32 Å². The second kappa shape index (κ2) is 3.96. The average Bonchev–Trinajstić information content (AvgIpc) is 2.88. The Morgan fingerprint density at radius 1 is 1.50 bits per heavy atom. The van der Waals surface area contributed by atoms with Crippen molar-refractivity contribution in [3.05, 3.63) is 0 Å². The van der Waals surface area contributed by atoms with E-state index < -0.39 is 0 Å².